The van der Waals surface area contributed by atoms with Crippen molar-refractivity contribution in [2.75, 3.05) is 31.5 Å². The van der Waals surface area contributed by atoms with Crippen LogP contribution in [-0.2, 0) is 6.54 Å². The van der Waals surface area contributed by atoms with Gasteiger partial charge in [0.05, 0.1) is 0 Å². The number of hydrogen-bond donors (Lipinski definition) is 2. The molecule has 3 nitrogen and oxygen atoms in total. The molecule has 0 unspecified atom stereocenters. The van der Waals surface area contributed by atoms with Crippen LogP contribution < -0.4 is 10.6 Å². The summed E-state index contributed by atoms with van der Waals surface area (Å²) in [6.45, 7) is 10.0. The topological polar surface area (TPSA) is 27.3 Å². The molecular weight excluding hydrogens is 389 g/mol. The molecule has 2 N–H and O–H groups in total. The summed E-state index contributed by atoms with van der Waals surface area (Å²) in [5.41, 5.74) is 3.96. The summed E-state index contributed by atoms with van der Waals surface area (Å²) in [7, 11) is 0. The van der Waals surface area contributed by atoms with Gasteiger partial charge in [-0.3, -0.25) is 4.90 Å². The number of anilines is 1. The molecule has 1 aliphatic heterocycles. The van der Waals surface area contributed by atoms with Crippen LogP contribution in [0.25, 0.3) is 0 Å². The SMILES string of the molecule is CC(C)CC[C@H](c1ccc(NCc2ccccc2)cc1)N1CCNCC1.Cl.Cl. The lowest BCUT2D eigenvalue weighted by atomic mass is 9.95. The summed E-state index contributed by atoms with van der Waals surface area (Å²) in [4.78, 5) is 2.66. The molecule has 1 saturated heterocycles. The Morgan fingerprint density at radius 3 is 2.14 bits per heavy atom. The first-order valence-electron chi connectivity index (χ1n) is 10.0. The maximum absolute atomic E-state index is 3.53. The van der Waals surface area contributed by atoms with Gasteiger partial charge in [0.1, 0.15) is 0 Å². The first-order chi connectivity index (χ1) is 12.7. The van der Waals surface area contributed by atoms with E-state index in [9.17, 15) is 0 Å². The Labute approximate surface area is 183 Å². The Kier molecular flexibility index (Phi) is 11.6. The highest BCUT2D eigenvalue weighted by atomic mass is 35.5. The summed E-state index contributed by atoms with van der Waals surface area (Å²) in [6, 6.07) is 20.2. The van der Waals surface area contributed by atoms with Crippen molar-refractivity contribution in [3.05, 3.63) is 65.7 Å². The van der Waals surface area contributed by atoms with E-state index in [0.717, 1.165) is 38.6 Å². The van der Waals surface area contributed by atoms with Gasteiger partial charge in [0, 0.05) is 44.5 Å². The van der Waals surface area contributed by atoms with Crippen molar-refractivity contribution in [2.45, 2.75) is 39.3 Å². The Bertz CT molecular complexity index is 641. The zero-order valence-electron chi connectivity index (χ0n) is 17.1. The predicted molar refractivity (Wildman–Crippen MR) is 126 cm³/mol. The lowest BCUT2D eigenvalue weighted by Gasteiger charge is -2.35. The number of nitrogens with one attached hydrogen (secondary N) is 2. The van der Waals surface area contributed by atoms with E-state index in [1.54, 1.807) is 0 Å². The fourth-order valence-corrected chi connectivity index (χ4v) is 3.67. The Morgan fingerprint density at radius 1 is 0.893 bits per heavy atom. The Morgan fingerprint density at radius 2 is 1.54 bits per heavy atom. The third-order valence-electron chi connectivity index (χ3n) is 5.24. The number of halogens is 2. The van der Waals surface area contributed by atoms with E-state index in [1.807, 2.05) is 0 Å². The predicted octanol–water partition coefficient (Wildman–Crippen LogP) is 5.52. The molecule has 5 heteroatoms. The van der Waals surface area contributed by atoms with E-state index in [2.05, 4.69) is 84.0 Å². The number of piperazine rings is 1. The second-order valence-corrected chi connectivity index (χ2v) is 7.73. The summed E-state index contributed by atoms with van der Waals surface area (Å²) in [5, 5.41) is 7.01. The lowest BCUT2D eigenvalue weighted by Crippen LogP contribution is -2.45. The molecule has 1 heterocycles. The molecule has 0 aliphatic carbocycles. The molecule has 0 amide bonds. The number of nitrogens with zero attached hydrogens (tertiary/aromatic N) is 1. The normalized spacial score (nSPS) is 15.4. The summed E-state index contributed by atoms with van der Waals surface area (Å²) in [6.07, 6.45) is 2.52. The van der Waals surface area contributed by atoms with Crippen LogP contribution in [0.1, 0.15) is 43.9 Å². The fourth-order valence-electron chi connectivity index (χ4n) is 3.67. The highest BCUT2D eigenvalue weighted by molar-refractivity contribution is 5.85. The van der Waals surface area contributed by atoms with Crippen molar-refractivity contribution < 1.29 is 0 Å². The molecule has 28 heavy (non-hydrogen) atoms. The van der Waals surface area contributed by atoms with E-state index in [1.165, 1.54) is 29.7 Å². The maximum Gasteiger partial charge on any atom is 0.0400 e. The molecular formula is C23H35Cl2N3. The van der Waals surface area contributed by atoms with Gasteiger partial charge < -0.3 is 10.6 Å². The summed E-state index contributed by atoms with van der Waals surface area (Å²) < 4.78 is 0. The van der Waals surface area contributed by atoms with Gasteiger partial charge in [-0.2, -0.15) is 0 Å². The number of rotatable bonds is 8. The van der Waals surface area contributed by atoms with Crippen molar-refractivity contribution in [2.24, 2.45) is 5.92 Å². The molecule has 1 aliphatic rings. The van der Waals surface area contributed by atoms with Crippen molar-refractivity contribution in [3.63, 3.8) is 0 Å². The maximum atomic E-state index is 3.53. The third-order valence-corrected chi connectivity index (χ3v) is 5.24. The zero-order chi connectivity index (χ0) is 18.2. The summed E-state index contributed by atoms with van der Waals surface area (Å²) >= 11 is 0. The first-order valence-corrected chi connectivity index (χ1v) is 10.0. The smallest absolute Gasteiger partial charge is 0.0400 e. The van der Waals surface area contributed by atoms with Crippen molar-refractivity contribution in [1.82, 2.24) is 10.2 Å². The molecule has 3 rings (SSSR count). The van der Waals surface area contributed by atoms with Crippen LogP contribution in [0.3, 0.4) is 0 Å². The molecule has 156 valence electrons. The first kappa shape index (κ1) is 24.8. The molecule has 1 atom stereocenters. The molecule has 0 spiro atoms. The van der Waals surface area contributed by atoms with Crippen LogP contribution in [-0.4, -0.2) is 31.1 Å². The monoisotopic (exact) mass is 423 g/mol. The van der Waals surface area contributed by atoms with Gasteiger partial charge in [0.15, 0.2) is 0 Å². The minimum Gasteiger partial charge on any atom is -0.381 e. The van der Waals surface area contributed by atoms with Crippen LogP contribution >= 0.6 is 24.8 Å². The minimum atomic E-state index is 0. The molecule has 2 aromatic carbocycles. The molecule has 0 saturated carbocycles. The van der Waals surface area contributed by atoms with Crippen molar-refractivity contribution in [1.29, 1.82) is 0 Å². The molecule has 0 bridgehead atoms. The molecule has 2 aromatic rings. The van der Waals surface area contributed by atoms with Crippen molar-refractivity contribution in [3.8, 4) is 0 Å². The van der Waals surface area contributed by atoms with E-state index in [0.29, 0.717) is 6.04 Å². The van der Waals surface area contributed by atoms with Crippen LogP contribution in [0.2, 0.25) is 0 Å². The van der Waals surface area contributed by atoms with E-state index in [-0.39, 0.29) is 24.8 Å². The Balaban J connectivity index is 0.00000196. The second-order valence-electron chi connectivity index (χ2n) is 7.73. The average molecular weight is 424 g/mol. The highest BCUT2D eigenvalue weighted by Gasteiger charge is 2.22. The molecule has 1 fully saturated rings. The van der Waals surface area contributed by atoms with Crippen LogP contribution in [0.5, 0.6) is 0 Å². The Hall–Kier alpha value is -1.26. The van der Waals surface area contributed by atoms with Gasteiger partial charge in [0.25, 0.3) is 0 Å². The van der Waals surface area contributed by atoms with Gasteiger partial charge >= 0.3 is 0 Å². The average Bonchev–Trinajstić information content (AvgIpc) is 2.69. The number of hydrogen-bond acceptors (Lipinski definition) is 3. The second kappa shape index (κ2) is 13.1. The standard InChI is InChI=1S/C23H33N3.2ClH/c1-19(2)8-13-23(26-16-14-24-15-17-26)21-9-11-22(12-10-21)25-18-20-6-4-3-5-7-20;;/h3-7,9-12,19,23-25H,8,13-18H2,1-2H3;2*1H/t23-;;/m1../s1. The van der Waals surface area contributed by atoms with Crippen molar-refractivity contribution >= 4 is 30.5 Å². The van der Waals surface area contributed by atoms with Gasteiger partial charge in [0.2, 0.25) is 0 Å². The van der Waals surface area contributed by atoms with Gasteiger partial charge in [-0.15, -0.1) is 24.8 Å². The van der Waals surface area contributed by atoms with Crippen LogP contribution in [0.4, 0.5) is 5.69 Å². The van der Waals surface area contributed by atoms with Crippen LogP contribution in [0, 0.1) is 5.92 Å². The zero-order valence-corrected chi connectivity index (χ0v) is 18.7. The van der Waals surface area contributed by atoms with E-state index < -0.39 is 0 Å². The van der Waals surface area contributed by atoms with E-state index >= 15 is 0 Å². The summed E-state index contributed by atoms with van der Waals surface area (Å²) in [5.74, 6) is 0.757. The lowest BCUT2D eigenvalue weighted by molar-refractivity contribution is 0.160. The minimum absolute atomic E-state index is 0. The third kappa shape index (κ3) is 7.63. The molecule has 0 aromatic heterocycles. The van der Waals surface area contributed by atoms with Crippen LogP contribution in [0.15, 0.2) is 54.6 Å². The van der Waals surface area contributed by atoms with E-state index in [4.69, 9.17) is 0 Å². The van der Waals surface area contributed by atoms with Gasteiger partial charge in [-0.05, 0) is 42.0 Å². The fraction of sp³-hybridized carbons (Fsp3) is 0.478. The van der Waals surface area contributed by atoms with Gasteiger partial charge in [-0.25, -0.2) is 0 Å². The quantitative estimate of drug-likeness (QED) is 0.584. The molecule has 0 radical (unpaired) electrons. The van der Waals surface area contributed by atoms with Gasteiger partial charge in [-0.1, -0.05) is 56.3 Å². The largest absolute Gasteiger partial charge is 0.381 e. The number of benzene rings is 2. The highest BCUT2D eigenvalue weighted by Crippen LogP contribution is 2.28.